The summed E-state index contributed by atoms with van der Waals surface area (Å²) in [4.78, 5) is 8.70. The van der Waals surface area contributed by atoms with Gasteiger partial charge in [0.1, 0.15) is 11.6 Å². The molecule has 1 aliphatic heterocycles. The molecule has 2 atom stereocenters. The van der Waals surface area contributed by atoms with E-state index in [4.69, 9.17) is 14.5 Å². The van der Waals surface area contributed by atoms with E-state index in [0.717, 1.165) is 32.0 Å². The number of halogens is 3. The van der Waals surface area contributed by atoms with Crippen molar-refractivity contribution < 1.29 is 18.3 Å². The molecule has 0 spiro atoms. The largest absolute Gasteiger partial charge is 0.382 e. The van der Waals surface area contributed by atoms with Crippen LogP contribution in [0.1, 0.15) is 24.9 Å². The number of hydrogen-bond acceptors (Lipinski definition) is 4. The molecule has 1 aromatic carbocycles. The molecular formula is C21H35F2IN4O2. The molecule has 2 unspecified atom stereocenters. The van der Waals surface area contributed by atoms with Crippen LogP contribution in [0.2, 0.25) is 0 Å². The van der Waals surface area contributed by atoms with Gasteiger partial charge in [0.05, 0.1) is 32.4 Å². The highest BCUT2D eigenvalue weighted by Crippen LogP contribution is 2.25. The third-order valence-electron chi connectivity index (χ3n) is 5.08. The molecule has 1 fully saturated rings. The lowest BCUT2D eigenvalue weighted by atomic mass is 10.0. The molecule has 1 heterocycles. The van der Waals surface area contributed by atoms with E-state index in [1.165, 1.54) is 18.2 Å². The van der Waals surface area contributed by atoms with Crippen molar-refractivity contribution in [2.24, 2.45) is 10.9 Å². The number of aliphatic imine (C=N–C) groups is 1. The number of methoxy groups -OCH3 is 1. The standard InChI is InChI=1S/C21H34F2N4O2.HI/c1-5-24-21(27-10-9-16(14-27)15-29-12-11-28-4)25-13-19(26(2)3)20-17(22)7-6-8-18(20)23;/h6-8,16,19H,5,9-15H2,1-4H3,(H,24,25);1H. The minimum atomic E-state index is -0.543. The van der Waals surface area contributed by atoms with Gasteiger partial charge in [0, 0.05) is 38.2 Å². The van der Waals surface area contributed by atoms with Crippen LogP contribution in [-0.2, 0) is 9.47 Å². The molecule has 9 heteroatoms. The lowest BCUT2D eigenvalue weighted by Gasteiger charge is -2.26. The quantitative estimate of drug-likeness (QED) is 0.214. The number of hydrogen-bond donors (Lipinski definition) is 1. The van der Waals surface area contributed by atoms with Crippen LogP contribution in [0.15, 0.2) is 23.2 Å². The average molecular weight is 540 g/mol. The van der Waals surface area contributed by atoms with E-state index in [0.29, 0.717) is 25.7 Å². The molecule has 6 nitrogen and oxygen atoms in total. The molecule has 0 saturated carbocycles. The van der Waals surface area contributed by atoms with E-state index in [2.05, 4.69) is 10.2 Å². The highest BCUT2D eigenvalue weighted by atomic mass is 127. The first-order chi connectivity index (χ1) is 14.0. The summed E-state index contributed by atoms with van der Waals surface area (Å²) in [6.07, 6.45) is 1.02. The van der Waals surface area contributed by atoms with Gasteiger partial charge in [-0.05, 0) is 39.6 Å². The van der Waals surface area contributed by atoms with Gasteiger partial charge in [0.2, 0.25) is 0 Å². The summed E-state index contributed by atoms with van der Waals surface area (Å²) in [5.41, 5.74) is 0.0583. The second-order valence-corrected chi connectivity index (χ2v) is 7.48. The minimum absolute atomic E-state index is 0. The summed E-state index contributed by atoms with van der Waals surface area (Å²) in [7, 11) is 5.28. The van der Waals surface area contributed by atoms with Crippen molar-refractivity contribution in [2.75, 3.05) is 67.2 Å². The molecule has 0 radical (unpaired) electrons. The normalized spacial score (nSPS) is 17.9. The van der Waals surface area contributed by atoms with Crippen molar-refractivity contribution in [2.45, 2.75) is 19.4 Å². The molecule has 0 bridgehead atoms. The number of benzene rings is 1. The van der Waals surface area contributed by atoms with Gasteiger partial charge < -0.3 is 24.6 Å². The van der Waals surface area contributed by atoms with Crippen molar-refractivity contribution in [3.05, 3.63) is 35.4 Å². The van der Waals surface area contributed by atoms with Crippen molar-refractivity contribution in [3.8, 4) is 0 Å². The number of likely N-dealkylation sites (N-methyl/N-ethyl adjacent to an activating group) is 1. The number of nitrogens with one attached hydrogen (secondary N) is 1. The predicted octanol–water partition coefficient (Wildman–Crippen LogP) is 3.14. The smallest absolute Gasteiger partial charge is 0.193 e. The van der Waals surface area contributed by atoms with Gasteiger partial charge >= 0.3 is 0 Å². The number of guanidine groups is 1. The van der Waals surface area contributed by atoms with Gasteiger partial charge in [-0.2, -0.15) is 0 Å². The van der Waals surface area contributed by atoms with Gasteiger partial charge in [0.25, 0.3) is 0 Å². The second-order valence-electron chi connectivity index (χ2n) is 7.48. The molecule has 2 rings (SSSR count). The molecule has 0 aliphatic carbocycles. The zero-order valence-corrected chi connectivity index (χ0v) is 20.7. The van der Waals surface area contributed by atoms with Crippen molar-refractivity contribution >= 4 is 29.9 Å². The van der Waals surface area contributed by atoms with Gasteiger partial charge in [-0.3, -0.25) is 4.99 Å². The maximum Gasteiger partial charge on any atom is 0.193 e. The Morgan fingerprint density at radius 1 is 1.30 bits per heavy atom. The fourth-order valence-corrected chi connectivity index (χ4v) is 3.49. The van der Waals surface area contributed by atoms with E-state index >= 15 is 0 Å². The van der Waals surface area contributed by atoms with Crippen molar-refractivity contribution in [1.82, 2.24) is 15.1 Å². The highest BCUT2D eigenvalue weighted by Gasteiger charge is 2.26. The summed E-state index contributed by atoms with van der Waals surface area (Å²) in [5, 5.41) is 3.31. The van der Waals surface area contributed by atoms with Crippen LogP contribution in [0.5, 0.6) is 0 Å². The summed E-state index contributed by atoms with van der Waals surface area (Å²) < 4.78 is 39.3. The molecule has 1 aromatic rings. The number of nitrogens with zero attached hydrogens (tertiary/aromatic N) is 3. The summed E-state index contributed by atoms with van der Waals surface area (Å²) in [5.74, 6) is 0.122. The van der Waals surface area contributed by atoms with E-state index in [9.17, 15) is 8.78 Å². The van der Waals surface area contributed by atoms with Crippen LogP contribution in [0.3, 0.4) is 0 Å². The molecule has 1 aliphatic rings. The Morgan fingerprint density at radius 2 is 2.00 bits per heavy atom. The number of ether oxygens (including phenoxy) is 2. The molecule has 1 N–H and O–H groups in total. The summed E-state index contributed by atoms with van der Waals surface area (Å²) >= 11 is 0. The Balaban J connectivity index is 0.00000450. The monoisotopic (exact) mass is 540 g/mol. The average Bonchev–Trinajstić information content (AvgIpc) is 3.15. The molecule has 30 heavy (non-hydrogen) atoms. The number of likely N-dealkylation sites (tertiary alicyclic amines) is 1. The molecule has 0 aromatic heterocycles. The van der Waals surface area contributed by atoms with Gasteiger partial charge in [0.15, 0.2) is 5.96 Å². The van der Waals surface area contributed by atoms with Crippen LogP contribution in [-0.4, -0.2) is 83.0 Å². The first-order valence-electron chi connectivity index (χ1n) is 10.2. The topological polar surface area (TPSA) is 49.3 Å². The lowest BCUT2D eigenvalue weighted by molar-refractivity contribution is 0.0536. The lowest BCUT2D eigenvalue weighted by Crippen LogP contribution is -2.41. The van der Waals surface area contributed by atoms with E-state index in [-0.39, 0.29) is 36.1 Å². The van der Waals surface area contributed by atoms with E-state index in [1.807, 2.05) is 21.0 Å². The van der Waals surface area contributed by atoms with Gasteiger partial charge in [-0.25, -0.2) is 8.78 Å². The number of rotatable bonds is 10. The van der Waals surface area contributed by atoms with E-state index in [1.54, 1.807) is 12.0 Å². The zero-order valence-electron chi connectivity index (χ0n) is 18.4. The Bertz CT molecular complexity index is 644. The maximum absolute atomic E-state index is 14.3. The highest BCUT2D eigenvalue weighted by molar-refractivity contribution is 14.0. The van der Waals surface area contributed by atoms with Crippen LogP contribution in [0.25, 0.3) is 0 Å². The minimum Gasteiger partial charge on any atom is -0.382 e. The van der Waals surface area contributed by atoms with E-state index < -0.39 is 17.7 Å². The fraction of sp³-hybridized carbons (Fsp3) is 0.667. The zero-order chi connectivity index (χ0) is 21.2. The third-order valence-corrected chi connectivity index (χ3v) is 5.08. The molecular weight excluding hydrogens is 505 g/mol. The SMILES string of the molecule is CCNC(=NCC(c1c(F)cccc1F)N(C)C)N1CCC(COCCOC)C1.I. The Morgan fingerprint density at radius 3 is 2.60 bits per heavy atom. The Hall–Kier alpha value is -1.04. The molecule has 172 valence electrons. The van der Waals surface area contributed by atoms with Crippen LogP contribution < -0.4 is 5.32 Å². The van der Waals surface area contributed by atoms with Gasteiger partial charge in [-0.15, -0.1) is 24.0 Å². The third kappa shape index (κ3) is 7.90. The van der Waals surface area contributed by atoms with Crippen LogP contribution >= 0.6 is 24.0 Å². The first kappa shape index (κ1) is 27.0. The predicted molar refractivity (Wildman–Crippen MR) is 127 cm³/mol. The van der Waals surface area contributed by atoms with Crippen LogP contribution in [0.4, 0.5) is 8.78 Å². The fourth-order valence-electron chi connectivity index (χ4n) is 3.49. The molecule has 0 amide bonds. The Kier molecular flexibility index (Phi) is 12.7. The van der Waals surface area contributed by atoms with Crippen LogP contribution in [0, 0.1) is 17.6 Å². The summed E-state index contributed by atoms with van der Waals surface area (Å²) in [6.45, 7) is 6.61. The van der Waals surface area contributed by atoms with Gasteiger partial charge in [-0.1, -0.05) is 6.07 Å². The molecule has 1 saturated heterocycles. The van der Waals surface area contributed by atoms with Crippen molar-refractivity contribution in [1.29, 1.82) is 0 Å². The summed E-state index contributed by atoms with van der Waals surface area (Å²) in [6, 6.07) is 3.48. The van der Waals surface area contributed by atoms with Crippen molar-refractivity contribution in [3.63, 3.8) is 0 Å². The Labute approximate surface area is 196 Å². The first-order valence-corrected chi connectivity index (χ1v) is 10.2. The maximum atomic E-state index is 14.3. The second kappa shape index (κ2) is 14.1.